The van der Waals surface area contributed by atoms with Gasteiger partial charge in [-0.25, -0.2) is 4.79 Å². The van der Waals surface area contributed by atoms with Crippen LogP contribution < -0.4 is 10.6 Å². The fraction of sp³-hybridized carbons (Fsp3) is 0.857. The lowest BCUT2D eigenvalue weighted by Crippen LogP contribution is -2.53. The Balaban J connectivity index is 1.89. The number of amides is 2. The SMILES string of the molecule is CC1CCC(CNC(=O)N2CCNCC2)(C(=O)O)CC1. The van der Waals surface area contributed by atoms with E-state index in [2.05, 4.69) is 17.6 Å². The molecule has 6 nitrogen and oxygen atoms in total. The number of nitrogens with zero attached hydrogens (tertiary/aromatic N) is 1. The van der Waals surface area contributed by atoms with Gasteiger partial charge in [0.05, 0.1) is 5.41 Å². The van der Waals surface area contributed by atoms with Gasteiger partial charge < -0.3 is 20.6 Å². The average Bonchev–Trinajstić information content (AvgIpc) is 2.47. The second-order valence-corrected chi connectivity index (χ2v) is 6.16. The van der Waals surface area contributed by atoms with Gasteiger partial charge >= 0.3 is 12.0 Å². The van der Waals surface area contributed by atoms with E-state index in [9.17, 15) is 14.7 Å². The summed E-state index contributed by atoms with van der Waals surface area (Å²) in [6.45, 7) is 5.37. The average molecular weight is 283 g/mol. The summed E-state index contributed by atoms with van der Waals surface area (Å²) in [5.41, 5.74) is -0.768. The molecule has 3 N–H and O–H groups in total. The van der Waals surface area contributed by atoms with Crippen molar-refractivity contribution in [1.82, 2.24) is 15.5 Å². The van der Waals surface area contributed by atoms with Gasteiger partial charge in [-0.2, -0.15) is 0 Å². The maximum atomic E-state index is 12.1. The number of carboxylic acid groups (broad SMARTS) is 1. The van der Waals surface area contributed by atoms with Gasteiger partial charge in [-0.1, -0.05) is 6.92 Å². The largest absolute Gasteiger partial charge is 0.481 e. The van der Waals surface area contributed by atoms with Gasteiger partial charge in [0.1, 0.15) is 0 Å². The van der Waals surface area contributed by atoms with E-state index in [1.54, 1.807) is 4.90 Å². The van der Waals surface area contributed by atoms with Crippen LogP contribution in [0.25, 0.3) is 0 Å². The lowest BCUT2D eigenvalue weighted by molar-refractivity contribution is -0.151. The van der Waals surface area contributed by atoms with E-state index < -0.39 is 11.4 Å². The van der Waals surface area contributed by atoms with Crippen molar-refractivity contribution >= 4 is 12.0 Å². The zero-order chi connectivity index (χ0) is 14.6. The molecule has 0 radical (unpaired) electrons. The standard InChI is InChI=1S/C14H25N3O3/c1-11-2-4-14(5-3-11,12(18)19)10-16-13(20)17-8-6-15-7-9-17/h11,15H,2-10H2,1H3,(H,16,20)(H,18,19). The minimum Gasteiger partial charge on any atom is -0.481 e. The zero-order valence-electron chi connectivity index (χ0n) is 12.2. The molecule has 2 rings (SSSR count). The van der Waals surface area contributed by atoms with Crippen molar-refractivity contribution in [2.24, 2.45) is 11.3 Å². The highest BCUT2D eigenvalue weighted by Crippen LogP contribution is 2.38. The van der Waals surface area contributed by atoms with E-state index in [4.69, 9.17) is 0 Å². The van der Waals surface area contributed by atoms with Crippen molar-refractivity contribution < 1.29 is 14.7 Å². The molecule has 0 aromatic heterocycles. The summed E-state index contributed by atoms with van der Waals surface area (Å²) in [5.74, 6) is -0.184. The van der Waals surface area contributed by atoms with Crippen LogP contribution in [0.5, 0.6) is 0 Å². The van der Waals surface area contributed by atoms with Crippen LogP contribution in [0.3, 0.4) is 0 Å². The molecule has 0 spiro atoms. The van der Waals surface area contributed by atoms with Gasteiger partial charge in [0.15, 0.2) is 0 Å². The van der Waals surface area contributed by atoms with Crippen molar-refractivity contribution in [3.63, 3.8) is 0 Å². The molecule has 0 unspecified atom stereocenters. The van der Waals surface area contributed by atoms with E-state index >= 15 is 0 Å². The smallest absolute Gasteiger partial charge is 0.317 e. The van der Waals surface area contributed by atoms with Crippen LogP contribution in [-0.4, -0.2) is 54.7 Å². The number of carboxylic acids is 1. The lowest BCUT2D eigenvalue weighted by atomic mass is 9.71. The second-order valence-electron chi connectivity index (χ2n) is 6.16. The Morgan fingerprint density at radius 1 is 1.30 bits per heavy atom. The van der Waals surface area contributed by atoms with Crippen LogP contribution in [0.2, 0.25) is 0 Å². The molecule has 1 aliphatic heterocycles. The highest BCUT2D eigenvalue weighted by molar-refractivity contribution is 5.78. The molecule has 20 heavy (non-hydrogen) atoms. The first-order chi connectivity index (χ1) is 9.53. The third kappa shape index (κ3) is 3.42. The summed E-state index contributed by atoms with van der Waals surface area (Å²) in [6, 6.07) is -0.134. The number of rotatable bonds is 3. The maximum absolute atomic E-state index is 12.1. The van der Waals surface area contributed by atoms with Crippen LogP contribution >= 0.6 is 0 Å². The molecule has 0 aromatic carbocycles. The van der Waals surface area contributed by atoms with E-state index in [0.29, 0.717) is 31.8 Å². The molecule has 0 bridgehead atoms. The van der Waals surface area contributed by atoms with E-state index in [0.717, 1.165) is 25.9 Å². The molecule has 1 aliphatic carbocycles. The first-order valence-corrected chi connectivity index (χ1v) is 7.50. The van der Waals surface area contributed by atoms with Crippen LogP contribution in [-0.2, 0) is 4.79 Å². The zero-order valence-corrected chi connectivity index (χ0v) is 12.2. The summed E-state index contributed by atoms with van der Waals surface area (Å²) >= 11 is 0. The number of hydrogen-bond donors (Lipinski definition) is 3. The number of aliphatic carboxylic acids is 1. The first kappa shape index (κ1) is 15.1. The Bertz CT molecular complexity index is 359. The Kier molecular flexibility index (Phi) is 4.86. The number of carbonyl (C=O) groups is 2. The summed E-state index contributed by atoms with van der Waals surface area (Å²) in [7, 11) is 0. The number of urea groups is 1. The Labute approximate surface area is 119 Å². The maximum Gasteiger partial charge on any atom is 0.317 e. The molecule has 0 aromatic rings. The monoisotopic (exact) mass is 283 g/mol. The molecule has 6 heteroatoms. The number of hydrogen-bond acceptors (Lipinski definition) is 3. The van der Waals surface area contributed by atoms with Gasteiger partial charge in [-0.15, -0.1) is 0 Å². The van der Waals surface area contributed by atoms with Crippen LogP contribution in [0.1, 0.15) is 32.6 Å². The molecule has 1 saturated heterocycles. The number of nitrogens with one attached hydrogen (secondary N) is 2. The summed E-state index contributed by atoms with van der Waals surface area (Å²) < 4.78 is 0. The molecule has 1 saturated carbocycles. The predicted molar refractivity (Wildman–Crippen MR) is 75.5 cm³/mol. The Hall–Kier alpha value is -1.30. The van der Waals surface area contributed by atoms with Crippen molar-refractivity contribution in [1.29, 1.82) is 0 Å². The van der Waals surface area contributed by atoms with Gasteiger partial charge in [0.25, 0.3) is 0 Å². The predicted octanol–water partition coefficient (Wildman–Crippen LogP) is 0.882. The molecule has 1 heterocycles. The molecular formula is C14H25N3O3. The normalized spacial score (nSPS) is 30.9. The van der Waals surface area contributed by atoms with Gasteiger partial charge in [-0.3, -0.25) is 4.79 Å². The van der Waals surface area contributed by atoms with Crippen molar-refractivity contribution in [2.45, 2.75) is 32.6 Å². The van der Waals surface area contributed by atoms with Crippen LogP contribution in [0, 0.1) is 11.3 Å². The van der Waals surface area contributed by atoms with Crippen molar-refractivity contribution in [3.8, 4) is 0 Å². The van der Waals surface area contributed by atoms with E-state index in [1.807, 2.05) is 0 Å². The van der Waals surface area contributed by atoms with Gasteiger partial charge in [-0.05, 0) is 31.6 Å². The van der Waals surface area contributed by atoms with Crippen molar-refractivity contribution in [3.05, 3.63) is 0 Å². The highest BCUT2D eigenvalue weighted by Gasteiger charge is 2.41. The minimum atomic E-state index is -0.773. The van der Waals surface area contributed by atoms with Crippen molar-refractivity contribution in [2.75, 3.05) is 32.7 Å². The fourth-order valence-corrected chi connectivity index (χ4v) is 3.01. The van der Waals surface area contributed by atoms with E-state index in [1.165, 1.54) is 0 Å². The summed E-state index contributed by atoms with van der Waals surface area (Å²) in [5, 5.41) is 15.6. The third-order valence-electron chi connectivity index (χ3n) is 4.67. The molecule has 114 valence electrons. The topological polar surface area (TPSA) is 81.7 Å². The second kappa shape index (κ2) is 6.43. The van der Waals surface area contributed by atoms with Crippen LogP contribution in [0.4, 0.5) is 4.79 Å². The Morgan fingerprint density at radius 2 is 1.90 bits per heavy atom. The Morgan fingerprint density at radius 3 is 2.45 bits per heavy atom. The molecule has 2 fully saturated rings. The fourth-order valence-electron chi connectivity index (χ4n) is 3.01. The molecular weight excluding hydrogens is 258 g/mol. The van der Waals surface area contributed by atoms with Crippen LogP contribution in [0.15, 0.2) is 0 Å². The van der Waals surface area contributed by atoms with Gasteiger partial charge in [0.2, 0.25) is 0 Å². The number of carbonyl (C=O) groups excluding carboxylic acids is 1. The summed E-state index contributed by atoms with van der Waals surface area (Å²) in [6.07, 6.45) is 3.17. The highest BCUT2D eigenvalue weighted by atomic mass is 16.4. The van der Waals surface area contributed by atoms with Gasteiger partial charge in [0, 0.05) is 32.7 Å². The lowest BCUT2D eigenvalue weighted by Gasteiger charge is -2.36. The molecule has 2 aliphatic rings. The molecule has 0 atom stereocenters. The van der Waals surface area contributed by atoms with E-state index in [-0.39, 0.29) is 12.6 Å². The summed E-state index contributed by atoms with van der Waals surface area (Å²) in [4.78, 5) is 25.4. The first-order valence-electron chi connectivity index (χ1n) is 7.50. The third-order valence-corrected chi connectivity index (χ3v) is 4.67. The quantitative estimate of drug-likeness (QED) is 0.718. The minimum absolute atomic E-state index is 0.134. The molecule has 2 amide bonds. The number of piperazine rings is 1.